The molecule has 5 heteroatoms. The van der Waals surface area contributed by atoms with E-state index in [1.54, 1.807) is 24.3 Å². The highest BCUT2D eigenvalue weighted by Gasteiger charge is 2.20. The average Bonchev–Trinajstić information content (AvgIpc) is 3.03. The van der Waals surface area contributed by atoms with Gasteiger partial charge in [-0.2, -0.15) is 5.26 Å². The third kappa shape index (κ3) is 3.33. The van der Waals surface area contributed by atoms with E-state index in [1.165, 1.54) is 0 Å². The summed E-state index contributed by atoms with van der Waals surface area (Å²) >= 11 is 0. The molecule has 1 amide bonds. The zero-order valence-corrected chi connectivity index (χ0v) is 12.3. The molecule has 0 fully saturated rings. The Kier molecular flexibility index (Phi) is 4.25. The van der Waals surface area contributed by atoms with Crippen LogP contribution < -0.4 is 10.1 Å². The van der Waals surface area contributed by atoms with E-state index in [4.69, 9.17) is 14.7 Å². The third-order valence-corrected chi connectivity index (χ3v) is 3.34. The van der Waals surface area contributed by atoms with Gasteiger partial charge in [-0.1, -0.05) is 30.3 Å². The minimum absolute atomic E-state index is 0.229. The van der Waals surface area contributed by atoms with Crippen LogP contribution in [0.1, 0.15) is 16.8 Å². The number of carbonyl (C=O) groups is 1. The average molecular weight is 306 g/mol. The summed E-state index contributed by atoms with van der Waals surface area (Å²) in [6, 6.07) is 18.2. The van der Waals surface area contributed by atoms with Gasteiger partial charge in [0.05, 0.1) is 17.7 Å². The molecule has 0 bridgehead atoms. The molecule has 1 aliphatic rings. The summed E-state index contributed by atoms with van der Waals surface area (Å²) in [5, 5.41) is 11.6. The Labute approximate surface area is 133 Å². The first-order valence-corrected chi connectivity index (χ1v) is 7.17. The van der Waals surface area contributed by atoms with Crippen LogP contribution in [0.25, 0.3) is 0 Å². The lowest BCUT2D eigenvalue weighted by Crippen LogP contribution is -2.24. The summed E-state index contributed by atoms with van der Waals surface area (Å²) in [7, 11) is 0. The molecule has 1 N–H and O–H groups in total. The first-order valence-electron chi connectivity index (χ1n) is 7.17. The van der Waals surface area contributed by atoms with Crippen LogP contribution in [0.3, 0.4) is 0 Å². The predicted molar refractivity (Wildman–Crippen MR) is 83.6 cm³/mol. The highest BCUT2D eigenvalue weighted by atomic mass is 16.5. The monoisotopic (exact) mass is 306 g/mol. The second kappa shape index (κ2) is 6.67. The van der Waals surface area contributed by atoms with Gasteiger partial charge in [-0.15, -0.1) is 0 Å². The van der Waals surface area contributed by atoms with Crippen LogP contribution in [0, 0.1) is 11.3 Å². The summed E-state index contributed by atoms with van der Waals surface area (Å²) < 4.78 is 11.1. The minimum Gasteiger partial charge on any atom is -0.478 e. The zero-order valence-electron chi connectivity index (χ0n) is 12.3. The van der Waals surface area contributed by atoms with Crippen molar-refractivity contribution in [3.63, 3.8) is 0 Å². The molecular formula is C18H14N2O3. The molecule has 23 heavy (non-hydrogen) atoms. The lowest BCUT2D eigenvalue weighted by Gasteiger charge is -2.12. The molecule has 0 unspecified atom stereocenters. The Morgan fingerprint density at radius 1 is 1.13 bits per heavy atom. The van der Waals surface area contributed by atoms with Gasteiger partial charge in [0.1, 0.15) is 17.6 Å². The highest BCUT2D eigenvalue weighted by Crippen LogP contribution is 2.25. The standard InChI is InChI=1S/C18H14N2O3/c19-12-13-10-11-22-18(13)20-17(21)15-8-4-5-9-16(15)23-14-6-2-1-3-7-14/h1-9H,10-11H2,(H,20,21). The molecule has 1 aliphatic heterocycles. The van der Waals surface area contributed by atoms with Crippen molar-refractivity contribution in [2.45, 2.75) is 6.42 Å². The Balaban J connectivity index is 1.83. The van der Waals surface area contributed by atoms with Crippen LogP contribution in [-0.2, 0) is 4.74 Å². The lowest BCUT2D eigenvalue weighted by molar-refractivity contribution is 0.0928. The van der Waals surface area contributed by atoms with E-state index < -0.39 is 0 Å². The fourth-order valence-corrected chi connectivity index (χ4v) is 2.20. The van der Waals surface area contributed by atoms with Crippen molar-refractivity contribution in [1.29, 1.82) is 5.26 Å². The van der Waals surface area contributed by atoms with E-state index in [9.17, 15) is 4.79 Å². The van der Waals surface area contributed by atoms with Crippen molar-refractivity contribution < 1.29 is 14.3 Å². The zero-order chi connectivity index (χ0) is 16.1. The molecule has 0 aliphatic carbocycles. The quantitative estimate of drug-likeness (QED) is 0.940. The molecular weight excluding hydrogens is 292 g/mol. The number of hydrogen-bond acceptors (Lipinski definition) is 4. The van der Waals surface area contributed by atoms with Gasteiger partial charge in [-0.05, 0) is 24.3 Å². The molecule has 0 spiro atoms. The van der Waals surface area contributed by atoms with Crippen LogP contribution in [-0.4, -0.2) is 12.5 Å². The molecule has 0 atom stereocenters. The Morgan fingerprint density at radius 3 is 2.65 bits per heavy atom. The first-order chi connectivity index (χ1) is 11.3. The number of hydrogen-bond donors (Lipinski definition) is 1. The number of rotatable bonds is 4. The highest BCUT2D eigenvalue weighted by molar-refractivity contribution is 5.98. The van der Waals surface area contributed by atoms with Crippen molar-refractivity contribution in [2.24, 2.45) is 0 Å². The van der Waals surface area contributed by atoms with Gasteiger partial charge in [0.2, 0.25) is 5.88 Å². The molecule has 114 valence electrons. The molecule has 2 aromatic rings. The number of benzene rings is 2. The maximum atomic E-state index is 12.5. The van der Waals surface area contributed by atoms with Crippen molar-refractivity contribution in [2.75, 3.05) is 6.61 Å². The number of ether oxygens (including phenoxy) is 2. The summed E-state index contributed by atoms with van der Waals surface area (Å²) in [4.78, 5) is 12.5. The van der Waals surface area contributed by atoms with Gasteiger partial charge in [-0.25, -0.2) is 0 Å². The first kappa shape index (κ1) is 14.7. The normalized spacial score (nSPS) is 13.2. The smallest absolute Gasteiger partial charge is 0.261 e. The predicted octanol–water partition coefficient (Wildman–Crippen LogP) is 3.36. The number of para-hydroxylation sites is 2. The van der Waals surface area contributed by atoms with Crippen LogP contribution in [0.15, 0.2) is 66.1 Å². The largest absolute Gasteiger partial charge is 0.478 e. The van der Waals surface area contributed by atoms with Crippen LogP contribution >= 0.6 is 0 Å². The Bertz CT molecular complexity index is 791. The van der Waals surface area contributed by atoms with E-state index in [2.05, 4.69) is 5.32 Å². The van der Waals surface area contributed by atoms with Gasteiger partial charge in [0, 0.05) is 6.42 Å². The lowest BCUT2D eigenvalue weighted by atomic mass is 10.2. The topological polar surface area (TPSA) is 71.4 Å². The van der Waals surface area contributed by atoms with E-state index in [0.29, 0.717) is 35.7 Å². The number of nitrogens with zero attached hydrogens (tertiary/aromatic N) is 1. The van der Waals surface area contributed by atoms with Gasteiger partial charge in [-0.3, -0.25) is 10.1 Å². The molecule has 0 saturated heterocycles. The molecule has 0 aromatic heterocycles. The number of carbonyl (C=O) groups excluding carboxylic acids is 1. The van der Waals surface area contributed by atoms with Crippen molar-refractivity contribution in [3.05, 3.63) is 71.6 Å². The maximum Gasteiger partial charge on any atom is 0.261 e. The molecule has 5 nitrogen and oxygen atoms in total. The van der Waals surface area contributed by atoms with Crippen molar-refractivity contribution in [1.82, 2.24) is 5.32 Å². The van der Waals surface area contributed by atoms with Crippen molar-refractivity contribution in [3.8, 4) is 17.6 Å². The van der Waals surface area contributed by atoms with Gasteiger partial charge in [0.15, 0.2) is 0 Å². The summed E-state index contributed by atoms with van der Waals surface area (Å²) in [5.74, 6) is 0.934. The van der Waals surface area contributed by atoms with E-state index >= 15 is 0 Å². The molecule has 1 heterocycles. The Morgan fingerprint density at radius 2 is 1.87 bits per heavy atom. The van der Waals surface area contributed by atoms with Gasteiger partial charge < -0.3 is 9.47 Å². The minimum atomic E-state index is -0.374. The summed E-state index contributed by atoms with van der Waals surface area (Å²) in [6.07, 6.45) is 0.508. The number of nitriles is 1. The molecule has 3 rings (SSSR count). The fourth-order valence-electron chi connectivity index (χ4n) is 2.20. The summed E-state index contributed by atoms with van der Waals surface area (Å²) in [5.41, 5.74) is 0.816. The van der Waals surface area contributed by atoms with Crippen LogP contribution in [0.4, 0.5) is 0 Å². The SMILES string of the molecule is N#CC1=C(NC(=O)c2ccccc2Oc2ccccc2)OCC1. The second-order valence-corrected chi connectivity index (χ2v) is 4.88. The Hall–Kier alpha value is -3.26. The molecule has 2 aromatic carbocycles. The van der Waals surface area contributed by atoms with Gasteiger partial charge in [0.25, 0.3) is 5.91 Å². The summed E-state index contributed by atoms with van der Waals surface area (Å²) in [6.45, 7) is 0.403. The maximum absolute atomic E-state index is 12.5. The van der Waals surface area contributed by atoms with Crippen molar-refractivity contribution >= 4 is 5.91 Å². The third-order valence-electron chi connectivity index (χ3n) is 3.34. The molecule has 0 saturated carbocycles. The van der Waals surface area contributed by atoms with Crippen LogP contribution in [0.2, 0.25) is 0 Å². The fraction of sp³-hybridized carbons (Fsp3) is 0.111. The number of amides is 1. The number of nitrogens with one attached hydrogen (secondary N) is 1. The second-order valence-electron chi connectivity index (χ2n) is 4.88. The van der Waals surface area contributed by atoms with E-state index in [1.807, 2.05) is 36.4 Å². The van der Waals surface area contributed by atoms with E-state index in [0.717, 1.165) is 0 Å². The molecule has 0 radical (unpaired) electrons. The van der Waals surface area contributed by atoms with Crippen LogP contribution in [0.5, 0.6) is 11.5 Å². The van der Waals surface area contributed by atoms with Gasteiger partial charge >= 0.3 is 0 Å². The van der Waals surface area contributed by atoms with E-state index in [-0.39, 0.29) is 11.8 Å².